The van der Waals surface area contributed by atoms with Crippen LogP contribution in [0.2, 0.25) is 0 Å². The number of ether oxygens (including phenoxy) is 3. The Hall–Kier alpha value is -1.26. The Labute approximate surface area is 115 Å². The molecule has 106 valence electrons. The number of rotatable bonds is 6. The number of hydrogen-bond donors (Lipinski definition) is 1. The second kappa shape index (κ2) is 6.78. The summed E-state index contributed by atoms with van der Waals surface area (Å²) in [7, 11) is 3.30. The predicted octanol–water partition coefficient (Wildman–Crippen LogP) is 2.36. The summed E-state index contributed by atoms with van der Waals surface area (Å²) < 4.78 is 16.2. The highest BCUT2D eigenvalue weighted by Crippen LogP contribution is 2.27. The van der Waals surface area contributed by atoms with Gasteiger partial charge in [0.1, 0.15) is 0 Å². The normalized spacial score (nSPS) is 20.3. The van der Waals surface area contributed by atoms with Gasteiger partial charge in [0.25, 0.3) is 0 Å². The second-order valence-electron chi connectivity index (χ2n) is 4.91. The highest BCUT2D eigenvalue weighted by molar-refractivity contribution is 5.42. The Morgan fingerprint density at radius 3 is 2.74 bits per heavy atom. The molecule has 1 aromatic rings. The maximum Gasteiger partial charge on any atom is 0.161 e. The summed E-state index contributed by atoms with van der Waals surface area (Å²) in [5, 5.41) is 3.51. The highest BCUT2D eigenvalue weighted by atomic mass is 16.5. The van der Waals surface area contributed by atoms with Gasteiger partial charge in [-0.2, -0.15) is 0 Å². The van der Waals surface area contributed by atoms with Crippen LogP contribution in [-0.2, 0) is 11.3 Å². The summed E-state index contributed by atoms with van der Waals surface area (Å²) in [6.07, 6.45) is 2.67. The van der Waals surface area contributed by atoms with Crippen molar-refractivity contribution >= 4 is 0 Å². The molecule has 19 heavy (non-hydrogen) atoms. The van der Waals surface area contributed by atoms with Crippen molar-refractivity contribution in [3.8, 4) is 11.5 Å². The molecule has 1 fully saturated rings. The third kappa shape index (κ3) is 3.61. The summed E-state index contributed by atoms with van der Waals surface area (Å²) >= 11 is 0. The first-order valence-corrected chi connectivity index (χ1v) is 6.80. The van der Waals surface area contributed by atoms with Gasteiger partial charge in [-0.3, -0.25) is 0 Å². The van der Waals surface area contributed by atoms with Crippen LogP contribution in [0.5, 0.6) is 11.5 Å². The fourth-order valence-corrected chi connectivity index (χ4v) is 2.40. The van der Waals surface area contributed by atoms with E-state index in [1.54, 1.807) is 14.2 Å². The van der Waals surface area contributed by atoms with E-state index in [1.165, 1.54) is 12.0 Å². The Morgan fingerprint density at radius 1 is 1.32 bits per heavy atom. The van der Waals surface area contributed by atoms with Gasteiger partial charge >= 0.3 is 0 Å². The standard InChI is InChI=1S/C15H23NO3/c1-11(13-5-4-8-19-13)16-10-12-6-7-14(17-2)15(9-12)18-3/h6-7,9,11,13,16H,4-5,8,10H2,1-3H3/t11-,13+/m1/s1. The van der Waals surface area contributed by atoms with E-state index in [1.807, 2.05) is 12.1 Å². The topological polar surface area (TPSA) is 39.7 Å². The summed E-state index contributed by atoms with van der Waals surface area (Å²) in [6.45, 7) is 3.88. The average Bonchev–Trinajstić information content (AvgIpc) is 2.98. The minimum atomic E-state index is 0.347. The number of methoxy groups -OCH3 is 2. The molecular formula is C15H23NO3. The highest BCUT2D eigenvalue weighted by Gasteiger charge is 2.21. The van der Waals surface area contributed by atoms with E-state index < -0.39 is 0 Å². The fourth-order valence-electron chi connectivity index (χ4n) is 2.40. The largest absolute Gasteiger partial charge is 0.493 e. The lowest BCUT2D eigenvalue weighted by Gasteiger charge is -2.20. The van der Waals surface area contributed by atoms with E-state index in [0.717, 1.165) is 31.1 Å². The molecule has 0 radical (unpaired) electrons. The number of hydrogen-bond acceptors (Lipinski definition) is 4. The zero-order chi connectivity index (χ0) is 13.7. The summed E-state index contributed by atoms with van der Waals surface area (Å²) in [5.41, 5.74) is 1.18. The van der Waals surface area contributed by atoms with Gasteiger partial charge < -0.3 is 19.5 Å². The van der Waals surface area contributed by atoms with E-state index in [0.29, 0.717) is 12.1 Å². The van der Waals surface area contributed by atoms with Crippen LogP contribution in [0.1, 0.15) is 25.3 Å². The van der Waals surface area contributed by atoms with Gasteiger partial charge in [-0.25, -0.2) is 0 Å². The van der Waals surface area contributed by atoms with Gasteiger partial charge in [-0.1, -0.05) is 6.07 Å². The SMILES string of the molecule is COc1ccc(CN[C@H](C)[C@@H]2CCCO2)cc1OC. The van der Waals surface area contributed by atoms with Crippen LogP contribution in [0.4, 0.5) is 0 Å². The zero-order valence-corrected chi connectivity index (χ0v) is 11.9. The lowest BCUT2D eigenvalue weighted by atomic mass is 10.1. The Kier molecular flexibility index (Phi) is 5.05. The summed E-state index contributed by atoms with van der Waals surface area (Å²) in [6, 6.07) is 6.37. The van der Waals surface area contributed by atoms with Crippen LogP contribution < -0.4 is 14.8 Å². The molecule has 1 aliphatic rings. The third-order valence-electron chi connectivity index (χ3n) is 3.60. The minimum Gasteiger partial charge on any atom is -0.493 e. The first-order chi connectivity index (χ1) is 9.24. The van der Waals surface area contributed by atoms with E-state index in [9.17, 15) is 0 Å². The molecule has 1 aliphatic heterocycles. The number of nitrogens with one attached hydrogen (secondary N) is 1. The molecule has 1 aromatic carbocycles. The van der Waals surface area contributed by atoms with Crippen molar-refractivity contribution in [2.24, 2.45) is 0 Å². The molecule has 1 heterocycles. The van der Waals surface area contributed by atoms with Crippen LogP contribution in [-0.4, -0.2) is 33.0 Å². The molecule has 2 atom stereocenters. The first-order valence-electron chi connectivity index (χ1n) is 6.80. The van der Waals surface area contributed by atoms with Crippen molar-refractivity contribution < 1.29 is 14.2 Å². The van der Waals surface area contributed by atoms with E-state index in [2.05, 4.69) is 18.3 Å². The molecular weight excluding hydrogens is 242 g/mol. The van der Waals surface area contributed by atoms with Crippen molar-refractivity contribution in [1.82, 2.24) is 5.32 Å². The van der Waals surface area contributed by atoms with Gasteiger partial charge in [0.2, 0.25) is 0 Å². The lowest BCUT2D eigenvalue weighted by molar-refractivity contribution is 0.0832. The molecule has 0 aromatic heterocycles. The predicted molar refractivity (Wildman–Crippen MR) is 74.8 cm³/mol. The maximum absolute atomic E-state index is 5.68. The smallest absolute Gasteiger partial charge is 0.161 e. The minimum absolute atomic E-state index is 0.347. The van der Waals surface area contributed by atoms with E-state index in [-0.39, 0.29) is 0 Å². The molecule has 0 aliphatic carbocycles. The van der Waals surface area contributed by atoms with Crippen molar-refractivity contribution in [3.05, 3.63) is 23.8 Å². The van der Waals surface area contributed by atoms with E-state index in [4.69, 9.17) is 14.2 Å². The van der Waals surface area contributed by atoms with Crippen LogP contribution >= 0.6 is 0 Å². The van der Waals surface area contributed by atoms with Gasteiger partial charge in [-0.05, 0) is 37.5 Å². The van der Waals surface area contributed by atoms with Crippen molar-refractivity contribution in [3.63, 3.8) is 0 Å². The third-order valence-corrected chi connectivity index (χ3v) is 3.60. The quantitative estimate of drug-likeness (QED) is 0.857. The van der Waals surface area contributed by atoms with Gasteiger partial charge in [0.15, 0.2) is 11.5 Å². The monoisotopic (exact) mass is 265 g/mol. The molecule has 2 rings (SSSR count). The molecule has 1 saturated heterocycles. The molecule has 0 unspecified atom stereocenters. The van der Waals surface area contributed by atoms with Crippen molar-refractivity contribution in [2.45, 2.75) is 38.5 Å². The Balaban J connectivity index is 1.91. The Morgan fingerprint density at radius 2 is 2.11 bits per heavy atom. The van der Waals surface area contributed by atoms with Crippen LogP contribution in [0.15, 0.2) is 18.2 Å². The molecule has 0 bridgehead atoms. The molecule has 4 nitrogen and oxygen atoms in total. The molecule has 1 N–H and O–H groups in total. The van der Waals surface area contributed by atoms with Crippen LogP contribution in [0, 0.1) is 0 Å². The van der Waals surface area contributed by atoms with Crippen LogP contribution in [0.25, 0.3) is 0 Å². The molecule has 0 saturated carbocycles. The van der Waals surface area contributed by atoms with Crippen molar-refractivity contribution in [2.75, 3.05) is 20.8 Å². The Bertz CT molecular complexity index is 402. The van der Waals surface area contributed by atoms with Gasteiger partial charge in [0, 0.05) is 19.2 Å². The van der Waals surface area contributed by atoms with Gasteiger partial charge in [-0.15, -0.1) is 0 Å². The lowest BCUT2D eigenvalue weighted by Crippen LogP contribution is -2.36. The molecule has 4 heteroatoms. The zero-order valence-electron chi connectivity index (χ0n) is 11.9. The maximum atomic E-state index is 5.68. The fraction of sp³-hybridized carbons (Fsp3) is 0.600. The second-order valence-corrected chi connectivity index (χ2v) is 4.91. The summed E-state index contributed by atoms with van der Waals surface area (Å²) in [4.78, 5) is 0. The summed E-state index contributed by atoms with van der Waals surface area (Å²) in [5.74, 6) is 1.53. The number of benzene rings is 1. The van der Waals surface area contributed by atoms with Crippen molar-refractivity contribution in [1.29, 1.82) is 0 Å². The van der Waals surface area contributed by atoms with E-state index >= 15 is 0 Å². The molecule has 0 spiro atoms. The molecule has 0 amide bonds. The van der Waals surface area contributed by atoms with Crippen LogP contribution in [0.3, 0.4) is 0 Å². The average molecular weight is 265 g/mol. The van der Waals surface area contributed by atoms with Gasteiger partial charge in [0.05, 0.1) is 20.3 Å². The first kappa shape index (κ1) is 14.2.